The van der Waals surface area contributed by atoms with Crippen LogP contribution in [0, 0.1) is 29.3 Å². The molecule has 2 aromatic rings. The lowest BCUT2D eigenvalue weighted by Crippen LogP contribution is -2.53. The third-order valence-corrected chi connectivity index (χ3v) is 8.95. The van der Waals surface area contributed by atoms with Gasteiger partial charge in [-0.15, -0.1) is 11.8 Å². The Morgan fingerprint density at radius 2 is 1.81 bits per heavy atom. The fourth-order valence-corrected chi connectivity index (χ4v) is 7.30. The summed E-state index contributed by atoms with van der Waals surface area (Å²) in [7, 11) is 1.91. The van der Waals surface area contributed by atoms with Crippen LogP contribution in [-0.2, 0) is 0 Å². The summed E-state index contributed by atoms with van der Waals surface area (Å²) in [5.74, 6) is -4.69. The Bertz CT molecular complexity index is 1100. The number of hydrogen-bond donors (Lipinski definition) is 3. The summed E-state index contributed by atoms with van der Waals surface area (Å²) in [5.41, 5.74) is -0.724. The first-order valence-electron chi connectivity index (χ1n) is 12.0. The van der Waals surface area contributed by atoms with Gasteiger partial charge in [-0.25, -0.2) is 13.2 Å². The van der Waals surface area contributed by atoms with E-state index in [0.717, 1.165) is 37.8 Å². The molecule has 5 atom stereocenters. The zero-order chi connectivity index (χ0) is 26.2. The van der Waals surface area contributed by atoms with Crippen LogP contribution in [0.3, 0.4) is 0 Å². The highest BCUT2D eigenvalue weighted by Crippen LogP contribution is 2.53. The van der Waals surface area contributed by atoms with Gasteiger partial charge in [0.25, 0.3) is 5.91 Å². The summed E-state index contributed by atoms with van der Waals surface area (Å²) in [6, 6.07) is 6.19. The van der Waals surface area contributed by atoms with E-state index in [-0.39, 0.29) is 28.3 Å². The number of nitrogens with one attached hydrogen (secondary N) is 1. The zero-order valence-electron chi connectivity index (χ0n) is 20.1. The first-order chi connectivity index (χ1) is 17.0. The summed E-state index contributed by atoms with van der Waals surface area (Å²) in [6.07, 6.45) is 3.04. The monoisotopic (exact) mass is 542 g/mol. The lowest BCUT2D eigenvalue weighted by Gasteiger charge is -2.44. The number of rotatable bonds is 8. The second-order valence-corrected chi connectivity index (χ2v) is 11.8. The molecule has 2 aliphatic carbocycles. The molecule has 196 valence electrons. The summed E-state index contributed by atoms with van der Waals surface area (Å²) in [4.78, 5) is 15.4. The van der Waals surface area contributed by atoms with Gasteiger partial charge in [0.15, 0.2) is 17.5 Å². The maximum absolute atomic E-state index is 13.5. The maximum atomic E-state index is 13.5. The van der Waals surface area contributed by atoms with Gasteiger partial charge in [0.05, 0.1) is 16.7 Å². The normalized spacial score (nSPS) is 26.3. The number of anilines is 1. The van der Waals surface area contributed by atoms with Gasteiger partial charge in [-0.3, -0.25) is 4.79 Å². The van der Waals surface area contributed by atoms with Crippen LogP contribution in [0.5, 0.6) is 0 Å². The molecule has 0 radical (unpaired) electrons. The van der Waals surface area contributed by atoms with Gasteiger partial charge in [-0.2, -0.15) is 0 Å². The van der Waals surface area contributed by atoms with Crippen LogP contribution in [0.25, 0.3) is 0 Å². The molecule has 3 N–H and O–H groups in total. The number of fused-ring (bicyclic) bond motifs is 2. The second kappa shape index (κ2) is 10.9. The quantitative estimate of drug-likeness (QED) is 0.393. The van der Waals surface area contributed by atoms with E-state index in [1.165, 1.54) is 6.07 Å². The minimum atomic E-state index is -1.60. The van der Waals surface area contributed by atoms with Gasteiger partial charge in [0, 0.05) is 46.6 Å². The van der Waals surface area contributed by atoms with Gasteiger partial charge in [-0.1, -0.05) is 11.6 Å². The smallest absolute Gasteiger partial charge is 0.255 e. The van der Waals surface area contributed by atoms with Crippen molar-refractivity contribution in [3.8, 4) is 0 Å². The number of carbonyl (C=O) groups is 1. The Kier molecular flexibility index (Phi) is 8.26. The first-order valence-corrected chi connectivity index (χ1v) is 13.2. The molecule has 2 fully saturated rings. The van der Waals surface area contributed by atoms with Crippen molar-refractivity contribution in [1.29, 1.82) is 0 Å². The minimum absolute atomic E-state index is 0.138. The average Bonchev–Trinajstić information content (AvgIpc) is 2.95. The average molecular weight is 543 g/mol. The van der Waals surface area contributed by atoms with E-state index in [4.69, 9.17) is 11.6 Å². The van der Waals surface area contributed by atoms with Crippen molar-refractivity contribution in [1.82, 2.24) is 4.90 Å². The van der Waals surface area contributed by atoms with Crippen LogP contribution in [0.4, 0.5) is 18.9 Å². The first kappa shape index (κ1) is 27.3. The molecule has 0 aliphatic heterocycles. The van der Waals surface area contributed by atoms with Gasteiger partial charge < -0.3 is 20.4 Å². The fourth-order valence-electron chi connectivity index (χ4n) is 5.66. The number of benzene rings is 2. The van der Waals surface area contributed by atoms with E-state index in [1.807, 2.05) is 11.9 Å². The number of likely N-dealkylation sites (N-methyl/N-ethyl adjacent to an activating group) is 1. The van der Waals surface area contributed by atoms with Crippen molar-refractivity contribution in [3.05, 3.63) is 58.4 Å². The molecule has 5 nitrogen and oxygen atoms in total. The van der Waals surface area contributed by atoms with E-state index in [0.29, 0.717) is 23.0 Å². The Balaban J connectivity index is 1.43. The molecule has 36 heavy (non-hydrogen) atoms. The molecule has 2 aromatic carbocycles. The van der Waals surface area contributed by atoms with Crippen LogP contribution in [-0.4, -0.2) is 58.1 Å². The molecular formula is C26H30ClF3N2O3S. The van der Waals surface area contributed by atoms with E-state index in [1.54, 1.807) is 30.8 Å². The van der Waals surface area contributed by atoms with E-state index >= 15 is 0 Å². The van der Waals surface area contributed by atoms with Crippen molar-refractivity contribution in [2.75, 3.05) is 25.5 Å². The summed E-state index contributed by atoms with van der Waals surface area (Å²) in [6.45, 7) is 2.75. The number of aliphatic hydroxyl groups is 2. The summed E-state index contributed by atoms with van der Waals surface area (Å²) < 4.78 is 40.2. The van der Waals surface area contributed by atoms with E-state index in [9.17, 15) is 28.2 Å². The van der Waals surface area contributed by atoms with Gasteiger partial charge in [0.2, 0.25) is 0 Å². The zero-order valence-corrected chi connectivity index (χ0v) is 21.7. The molecule has 2 saturated carbocycles. The van der Waals surface area contributed by atoms with Crippen LogP contribution >= 0.6 is 23.4 Å². The molecule has 4 unspecified atom stereocenters. The maximum Gasteiger partial charge on any atom is 0.255 e. The number of hydrogen-bond acceptors (Lipinski definition) is 5. The lowest BCUT2D eigenvalue weighted by molar-refractivity contribution is -0.0794. The number of carbonyl (C=O) groups excluding carboxylic acids is 1. The molecule has 0 heterocycles. The van der Waals surface area contributed by atoms with Crippen molar-refractivity contribution in [3.63, 3.8) is 0 Å². The molecule has 4 rings (SSSR count). The Hall–Kier alpha value is -1.78. The van der Waals surface area contributed by atoms with Crippen LogP contribution in [0.15, 0.2) is 35.2 Å². The molecule has 0 spiro atoms. The number of aliphatic hydroxyl groups excluding tert-OH is 1. The standard InChI is InChI=1S/C26H30ClF3N2O3S/c1-14(33)12-32(2)13-26(35)16-4-5-17(26)9-19(8-16)36-23-7-15(3-6-20(23)27)25(34)31-18-10-21(28)24(30)22(29)11-18/h3,6-7,10-11,14,16-17,19,33,35H,4-5,8-9,12-13H2,1-2H3,(H,31,34)/t14?,16-,17?,19?,26?/m0/s1. The highest BCUT2D eigenvalue weighted by molar-refractivity contribution is 8.00. The van der Waals surface area contributed by atoms with Gasteiger partial charge in [0.1, 0.15) is 0 Å². The van der Waals surface area contributed by atoms with E-state index in [2.05, 4.69) is 5.32 Å². The fraction of sp³-hybridized carbons (Fsp3) is 0.500. The summed E-state index contributed by atoms with van der Waals surface area (Å²) >= 11 is 8.00. The Morgan fingerprint density at radius 1 is 1.19 bits per heavy atom. The molecule has 2 bridgehead atoms. The molecule has 0 saturated heterocycles. The van der Waals surface area contributed by atoms with Crippen molar-refractivity contribution >= 4 is 35.0 Å². The molecule has 0 aromatic heterocycles. The van der Waals surface area contributed by atoms with Crippen molar-refractivity contribution < 1.29 is 28.2 Å². The SMILES string of the molecule is CC(O)CN(C)CC1(O)C2CC[C@H]1CC(Sc1cc(C(=O)Nc3cc(F)c(F)c(F)c3)ccc1Cl)C2. The topological polar surface area (TPSA) is 72.8 Å². The summed E-state index contributed by atoms with van der Waals surface area (Å²) in [5, 5.41) is 24.3. The van der Waals surface area contributed by atoms with Crippen LogP contribution < -0.4 is 5.32 Å². The number of nitrogens with zero attached hydrogens (tertiary/aromatic N) is 1. The highest BCUT2D eigenvalue weighted by Gasteiger charge is 2.53. The lowest BCUT2D eigenvalue weighted by atomic mass is 9.74. The Labute approximate surface area is 218 Å². The molecule has 1 amide bonds. The number of amides is 1. The van der Waals surface area contributed by atoms with E-state index < -0.39 is 35.1 Å². The minimum Gasteiger partial charge on any atom is -0.392 e. The van der Waals surface area contributed by atoms with Gasteiger partial charge in [-0.05, 0) is 69.7 Å². The molecule has 2 aliphatic rings. The molecule has 10 heteroatoms. The third kappa shape index (κ3) is 5.86. The van der Waals surface area contributed by atoms with Crippen molar-refractivity contribution in [2.45, 2.75) is 54.5 Å². The van der Waals surface area contributed by atoms with Crippen LogP contribution in [0.1, 0.15) is 43.0 Å². The number of halogens is 4. The Morgan fingerprint density at radius 3 is 2.39 bits per heavy atom. The van der Waals surface area contributed by atoms with Crippen LogP contribution in [0.2, 0.25) is 5.02 Å². The molecular weight excluding hydrogens is 513 g/mol. The van der Waals surface area contributed by atoms with Gasteiger partial charge >= 0.3 is 0 Å². The highest BCUT2D eigenvalue weighted by atomic mass is 35.5. The predicted octanol–water partition coefficient (Wildman–Crippen LogP) is 5.33. The largest absolute Gasteiger partial charge is 0.392 e. The predicted molar refractivity (Wildman–Crippen MR) is 135 cm³/mol. The number of thioether (sulfide) groups is 1. The second-order valence-electron chi connectivity index (χ2n) is 10.1. The van der Waals surface area contributed by atoms with Crippen molar-refractivity contribution in [2.24, 2.45) is 11.8 Å². The third-order valence-electron chi connectivity index (χ3n) is 7.20.